The van der Waals surface area contributed by atoms with E-state index in [0.29, 0.717) is 12.1 Å². The summed E-state index contributed by atoms with van der Waals surface area (Å²) in [6, 6.07) is 14.4. The van der Waals surface area contributed by atoms with Crippen LogP contribution in [0.15, 0.2) is 54.9 Å². The van der Waals surface area contributed by atoms with Crippen molar-refractivity contribution in [2.75, 3.05) is 20.1 Å². The van der Waals surface area contributed by atoms with Gasteiger partial charge in [-0.3, -0.25) is 4.79 Å². The zero-order valence-corrected chi connectivity index (χ0v) is 21.1. The van der Waals surface area contributed by atoms with E-state index in [4.69, 9.17) is 0 Å². The third-order valence-electron chi connectivity index (χ3n) is 6.63. The second-order valence-electron chi connectivity index (χ2n) is 9.29. The summed E-state index contributed by atoms with van der Waals surface area (Å²) in [6.07, 6.45) is 4.40. The van der Waals surface area contributed by atoms with Crippen LogP contribution >= 0.6 is 12.4 Å². The fourth-order valence-corrected chi connectivity index (χ4v) is 4.86. The van der Waals surface area contributed by atoms with Gasteiger partial charge in [-0.25, -0.2) is 4.98 Å². The van der Waals surface area contributed by atoms with Crippen molar-refractivity contribution in [2.24, 2.45) is 0 Å². The number of carbonyl (C=O) groups excluding carboxylic acids is 1. The molecule has 0 saturated heterocycles. The summed E-state index contributed by atoms with van der Waals surface area (Å²) in [5.41, 5.74) is 9.97. The van der Waals surface area contributed by atoms with Gasteiger partial charge in [-0.2, -0.15) is 0 Å². The lowest BCUT2D eigenvalue weighted by atomic mass is 9.91. The van der Waals surface area contributed by atoms with Crippen molar-refractivity contribution in [1.29, 1.82) is 0 Å². The standard InChI is InChI=1S/C28H30N4O2.ClH/c1-17-10-22(11-21-8-9-29-14-25(17)21)23-12-24-26(15-31-27(24)30-13-23)19-4-6-20(7-5-19)28(34)32(3)16-18(2)33;/h4-7,10-13,15,18,29,33H,8-9,14,16H2,1-3H3,(H,30,31);1H. The van der Waals surface area contributed by atoms with Gasteiger partial charge in [-0.05, 0) is 72.8 Å². The van der Waals surface area contributed by atoms with Gasteiger partial charge in [0.1, 0.15) is 5.65 Å². The molecule has 3 heterocycles. The number of fused-ring (bicyclic) bond motifs is 2. The lowest BCUT2D eigenvalue weighted by Gasteiger charge is -2.20. The van der Waals surface area contributed by atoms with E-state index >= 15 is 0 Å². The molecule has 0 spiro atoms. The molecule has 182 valence electrons. The molecule has 35 heavy (non-hydrogen) atoms. The summed E-state index contributed by atoms with van der Waals surface area (Å²) in [5.74, 6) is -0.103. The summed E-state index contributed by atoms with van der Waals surface area (Å²) in [4.78, 5) is 22.1. The predicted molar refractivity (Wildman–Crippen MR) is 143 cm³/mol. The molecular weight excluding hydrogens is 460 g/mol. The van der Waals surface area contributed by atoms with Gasteiger partial charge in [0.25, 0.3) is 5.91 Å². The third-order valence-corrected chi connectivity index (χ3v) is 6.63. The first-order chi connectivity index (χ1) is 16.4. The Balaban J connectivity index is 0.00000289. The number of amides is 1. The zero-order valence-electron chi connectivity index (χ0n) is 20.3. The maximum Gasteiger partial charge on any atom is 0.253 e. The summed E-state index contributed by atoms with van der Waals surface area (Å²) in [7, 11) is 1.70. The monoisotopic (exact) mass is 490 g/mol. The number of carbonyl (C=O) groups is 1. The molecule has 0 aliphatic carbocycles. The molecule has 2 aromatic carbocycles. The number of likely N-dealkylation sites (N-methyl/N-ethyl adjacent to an activating group) is 1. The number of aryl methyl sites for hydroxylation is 1. The Morgan fingerprint density at radius 1 is 1.14 bits per heavy atom. The molecule has 5 rings (SSSR count). The topological polar surface area (TPSA) is 81.2 Å². The van der Waals surface area contributed by atoms with Crippen molar-refractivity contribution in [2.45, 2.75) is 32.9 Å². The number of H-pyrrole nitrogens is 1. The van der Waals surface area contributed by atoms with Crippen molar-refractivity contribution in [1.82, 2.24) is 20.2 Å². The smallest absolute Gasteiger partial charge is 0.253 e. The molecule has 0 saturated carbocycles. The third kappa shape index (κ3) is 4.96. The molecular formula is C28H31ClN4O2. The molecule has 0 bridgehead atoms. The second-order valence-corrected chi connectivity index (χ2v) is 9.29. The minimum absolute atomic E-state index is 0. The van der Waals surface area contributed by atoms with Gasteiger partial charge in [0.15, 0.2) is 0 Å². The maximum atomic E-state index is 12.6. The highest BCUT2D eigenvalue weighted by atomic mass is 35.5. The van der Waals surface area contributed by atoms with Crippen LogP contribution in [0.5, 0.6) is 0 Å². The molecule has 6 nitrogen and oxygen atoms in total. The number of nitrogens with zero attached hydrogens (tertiary/aromatic N) is 2. The number of rotatable bonds is 5. The first kappa shape index (κ1) is 24.9. The minimum Gasteiger partial charge on any atom is -0.392 e. The van der Waals surface area contributed by atoms with Crippen molar-refractivity contribution in [3.05, 3.63) is 77.1 Å². The number of benzene rings is 2. The minimum atomic E-state index is -0.559. The first-order valence-corrected chi connectivity index (χ1v) is 11.8. The normalized spacial score (nSPS) is 13.7. The molecule has 0 fully saturated rings. The summed E-state index contributed by atoms with van der Waals surface area (Å²) in [6.45, 7) is 6.12. The van der Waals surface area contributed by atoms with Crippen LogP contribution in [0.2, 0.25) is 0 Å². The average molecular weight is 491 g/mol. The van der Waals surface area contributed by atoms with Crippen LogP contribution in [-0.4, -0.2) is 52.1 Å². The number of nitrogens with one attached hydrogen (secondary N) is 2. The Bertz CT molecular complexity index is 1360. The molecule has 4 aromatic rings. The number of hydrogen-bond acceptors (Lipinski definition) is 4. The van der Waals surface area contributed by atoms with Gasteiger partial charge in [0, 0.05) is 54.6 Å². The molecule has 3 N–H and O–H groups in total. The highest BCUT2D eigenvalue weighted by Gasteiger charge is 2.16. The molecule has 2 aromatic heterocycles. The number of aromatic nitrogens is 2. The number of hydrogen-bond donors (Lipinski definition) is 3. The van der Waals surface area contributed by atoms with Crippen molar-refractivity contribution >= 4 is 29.3 Å². The Kier molecular flexibility index (Phi) is 7.26. The summed E-state index contributed by atoms with van der Waals surface area (Å²) < 4.78 is 0. The number of halogens is 1. The van der Waals surface area contributed by atoms with Gasteiger partial charge >= 0.3 is 0 Å². The lowest BCUT2D eigenvalue weighted by Crippen LogP contribution is -2.32. The van der Waals surface area contributed by atoms with E-state index in [1.807, 2.05) is 36.7 Å². The van der Waals surface area contributed by atoms with Crippen LogP contribution in [-0.2, 0) is 13.0 Å². The Hall–Kier alpha value is -3.19. The highest BCUT2D eigenvalue weighted by molar-refractivity contribution is 5.98. The number of aliphatic hydroxyl groups is 1. The average Bonchev–Trinajstić information content (AvgIpc) is 3.26. The van der Waals surface area contributed by atoms with Crippen molar-refractivity contribution in [3.8, 4) is 22.3 Å². The predicted octanol–water partition coefficient (Wildman–Crippen LogP) is 4.73. The van der Waals surface area contributed by atoms with Crippen LogP contribution in [0.1, 0.15) is 34.0 Å². The molecule has 1 aliphatic heterocycles. The number of aliphatic hydroxyl groups excluding tert-OH is 1. The van der Waals surface area contributed by atoms with E-state index in [9.17, 15) is 9.90 Å². The molecule has 0 radical (unpaired) electrons. The molecule has 1 aliphatic rings. The molecule has 7 heteroatoms. The lowest BCUT2D eigenvalue weighted by molar-refractivity contribution is 0.0703. The van der Waals surface area contributed by atoms with Crippen molar-refractivity contribution in [3.63, 3.8) is 0 Å². The number of pyridine rings is 1. The van der Waals surface area contributed by atoms with E-state index in [2.05, 4.69) is 40.4 Å². The second kappa shape index (κ2) is 10.2. The largest absolute Gasteiger partial charge is 0.392 e. The maximum absolute atomic E-state index is 12.6. The van der Waals surface area contributed by atoms with Crippen LogP contribution in [0.25, 0.3) is 33.3 Å². The fourth-order valence-electron chi connectivity index (χ4n) is 4.86. The van der Waals surface area contributed by atoms with E-state index in [-0.39, 0.29) is 18.3 Å². The SMILES string of the molecule is Cc1cc(-c2cnc3[nH]cc(-c4ccc(C(=O)N(C)CC(C)O)cc4)c3c2)cc2c1CNCC2.Cl. The Labute approximate surface area is 211 Å². The van der Waals surface area contributed by atoms with Crippen LogP contribution < -0.4 is 5.32 Å². The van der Waals surface area contributed by atoms with E-state index in [1.165, 1.54) is 27.2 Å². The van der Waals surface area contributed by atoms with Crippen molar-refractivity contribution < 1.29 is 9.90 Å². The fraction of sp³-hybridized carbons (Fsp3) is 0.286. The summed E-state index contributed by atoms with van der Waals surface area (Å²) in [5, 5.41) is 14.1. The van der Waals surface area contributed by atoms with Gasteiger partial charge in [-0.15, -0.1) is 12.4 Å². The van der Waals surface area contributed by atoms with E-state index in [0.717, 1.165) is 47.2 Å². The van der Waals surface area contributed by atoms with Gasteiger partial charge < -0.3 is 20.3 Å². The van der Waals surface area contributed by atoms with E-state index < -0.39 is 6.10 Å². The van der Waals surface area contributed by atoms with Crippen LogP contribution in [0, 0.1) is 6.92 Å². The Morgan fingerprint density at radius 3 is 2.66 bits per heavy atom. The Morgan fingerprint density at radius 2 is 1.91 bits per heavy atom. The first-order valence-electron chi connectivity index (χ1n) is 11.8. The highest BCUT2D eigenvalue weighted by Crippen LogP contribution is 2.33. The zero-order chi connectivity index (χ0) is 23.8. The quantitative estimate of drug-likeness (QED) is 0.378. The van der Waals surface area contributed by atoms with Gasteiger partial charge in [0.2, 0.25) is 0 Å². The van der Waals surface area contributed by atoms with Crippen LogP contribution in [0.3, 0.4) is 0 Å². The van der Waals surface area contributed by atoms with Gasteiger partial charge in [-0.1, -0.05) is 24.3 Å². The molecule has 1 atom stereocenters. The molecule has 1 amide bonds. The van der Waals surface area contributed by atoms with Crippen LogP contribution in [0.4, 0.5) is 0 Å². The van der Waals surface area contributed by atoms with Gasteiger partial charge in [0.05, 0.1) is 6.10 Å². The number of aromatic amines is 1. The summed E-state index contributed by atoms with van der Waals surface area (Å²) >= 11 is 0. The molecule has 1 unspecified atom stereocenters. The van der Waals surface area contributed by atoms with E-state index in [1.54, 1.807) is 14.0 Å².